The lowest BCUT2D eigenvalue weighted by molar-refractivity contribution is -0.130. The third-order valence-corrected chi connectivity index (χ3v) is 3.30. The number of carbonyl (C=O) groups excluding carboxylic acids is 1. The Balaban J connectivity index is 1.88. The number of unbranched alkanes of at least 4 members (excludes halogenated alkanes) is 5. The van der Waals surface area contributed by atoms with Crippen molar-refractivity contribution in [3.63, 3.8) is 0 Å². The van der Waals surface area contributed by atoms with Crippen LogP contribution in [-0.4, -0.2) is 11.1 Å². The van der Waals surface area contributed by atoms with Crippen molar-refractivity contribution >= 4 is 5.91 Å². The fourth-order valence-electron chi connectivity index (χ4n) is 2.16. The van der Waals surface area contributed by atoms with Crippen LogP contribution in [0.25, 0.3) is 0 Å². The number of carbonyl (C=O) groups is 1. The number of amides is 1. The summed E-state index contributed by atoms with van der Waals surface area (Å²) >= 11 is 0. The summed E-state index contributed by atoms with van der Waals surface area (Å²) < 4.78 is 0. The van der Waals surface area contributed by atoms with Gasteiger partial charge < -0.3 is 0 Å². The van der Waals surface area contributed by atoms with E-state index in [9.17, 15) is 4.79 Å². The Bertz CT molecular complexity index is 194. The van der Waals surface area contributed by atoms with Crippen molar-refractivity contribution in [3.8, 4) is 0 Å². The van der Waals surface area contributed by atoms with Gasteiger partial charge in [0.05, 0.1) is 0 Å². The molecule has 1 saturated carbocycles. The van der Waals surface area contributed by atoms with Gasteiger partial charge in [-0.05, 0) is 18.8 Å². The molecule has 1 aliphatic carbocycles. The van der Waals surface area contributed by atoms with Crippen molar-refractivity contribution in [1.29, 1.82) is 0 Å². The molecule has 0 aromatic heterocycles. The van der Waals surface area contributed by atoms with E-state index in [0.717, 1.165) is 12.8 Å². The molecule has 3 heteroatoms. The fourth-order valence-corrected chi connectivity index (χ4v) is 2.16. The number of hydrogen-bond acceptors (Lipinski definition) is 2. The Morgan fingerprint density at radius 2 is 1.93 bits per heavy atom. The van der Waals surface area contributed by atoms with Crippen LogP contribution >= 0.6 is 0 Å². The predicted octanol–water partition coefficient (Wildman–Crippen LogP) is 2.88. The molecule has 0 aliphatic heterocycles. The van der Waals surface area contributed by atoms with Gasteiger partial charge in [-0.15, -0.1) is 0 Å². The third kappa shape index (κ3) is 4.65. The van der Waals surface area contributed by atoms with Crippen molar-refractivity contribution < 1.29 is 10.0 Å². The van der Waals surface area contributed by atoms with Gasteiger partial charge in [-0.1, -0.05) is 45.4 Å². The predicted molar refractivity (Wildman–Crippen MR) is 59.5 cm³/mol. The van der Waals surface area contributed by atoms with Gasteiger partial charge in [0.25, 0.3) is 0 Å². The molecule has 2 atom stereocenters. The summed E-state index contributed by atoms with van der Waals surface area (Å²) in [6.45, 7) is 2.22. The number of hydroxylamine groups is 1. The Morgan fingerprint density at radius 1 is 1.27 bits per heavy atom. The van der Waals surface area contributed by atoms with Crippen LogP contribution in [0.3, 0.4) is 0 Å². The van der Waals surface area contributed by atoms with Gasteiger partial charge >= 0.3 is 0 Å². The quantitative estimate of drug-likeness (QED) is 0.370. The molecule has 3 nitrogen and oxygen atoms in total. The first-order valence-electron chi connectivity index (χ1n) is 6.23. The maximum Gasteiger partial charge on any atom is 0.246 e. The molecule has 2 N–H and O–H groups in total. The number of nitrogens with one attached hydrogen (secondary N) is 1. The minimum atomic E-state index is -0.189. The van der Waals surface area contributed by atoms with Gasteiger partial charge in [0.1, 0.15) is 0 Å². The largest absolute Gasteiger partial charge is 0.289 e. The fraction of sp³-hybridized carbons (Fsp3) is 0.917. The molecule has 0 heterocycles. The van der Waals surface area contributed by atoms with Crippen molar-refractivity contribution in [2.45, 2.75) is 58.3 Å². The molecule has 0 radical (unpaired) electrons. The molecule has 1 aliphatic rings. The van der Waals surface area contributed by atoms with Gasteiger partial charge in [-0.3, -0.25) is 10.0 Å². The van der Waals surface area contributed by atoms with E-state index in [1.165, 1.54) is 38.5 Å². The van der Waals surface area contributed by atoms with Crippen LogP contribution in [0, 0.1) is 11.8 Å². The molecular formula is C12H23NO2. The first kappa shape index (κ1) is 12.5. The SMILES string of the molecule is CCCCCCCC[C@H]1C[C@H]1C(=O)NO. The molecule has 0 bridgehead atoms. The van der Waals surface area contributed by atoms with E-state index in [4.69, 9.17) is 5.21 Å². The molecule has 1 rings (SSSR count). The number of rotatable bonds is 8. The summed E-state index contributed by atoms with van der Waals surface area (Å²) in [6.07, 6.45) is 9.98. The van der Waals surface area contributed by atoms with E-state index in [0.29, 0.717) is 5.92 Å². The van der Waals surface area contributed by atoms with Crippen molar-refractivity contribution in [2.75, 3.05) is 0 Å². The Morgan fingerprint density at radius 3 is 2.60 bits per heavy atom. The zero-order chi connectivity index (χ0) is 11.1. The van der Waals surface area contributed by atoms with E-state index in [-0.39, 0.29) is 11.8 Å². The average Bonchev–Trinajstić information content (AvgIpc) is 3.01. The number of hydrogen-bond donors (Lipinski definition) is 2. The van der Waals surface area contributed by atoms with E-state index in [2.05, 4.69) is 6.92 Å². The molecule has 0 aromatic rings. The van der Waals surface area contributed by atoms with Gasteiger partial charge in [-0.2, -0.15) is 0 Å². The highest BCUT2D eigenvalue weighted by molar-refractivity contribution is 5.80. The van der Waals surface area contributed by atoms with Crippen LogP contribution in [0.15, 0.2) is 0 Å². The summed E-state index contributed by atoms with van der Waals surface area (Å²) in [4.78, 5) is 11.0. The summed E-state index contributed by atoms with van der Waals surface area (Å²) in [5.41, 5.74) is 1.74. The smallest absolute Gasteiger partial charge is 0.246 e. The van der Waals surface area contributed by atoms with E-state index < -0.39 is 0 Å². The lowest BCUT2D eigenvalue weighted by atomic mass is 10.1. The molecule has 88 valence electrons. The molecule has 0 saturated heterocycles. The minimum absolute atomic E-state index is 0.102. The van der Waals surface area contributed by atoms with Crippen molar-refractivity contribution in [3.05, 3.63) is 0 Å². The summed E-state index contributed by atoms with van der Waals surface area (Å²) in [7, 11) is 0. The molecule has 0 unspecified atom stereocenters. The normalized spacial score (nSPS) is 23.9. The summed E-state index contributed by atoms with van der Waals surface area (Å²) in [6, 6.07) is 0. The van der Waals surface area contributed by atoms with Gasteiger partial charge in [-0.25, -0.2) is 5.48 Å². The highest BCUT2D eigenvalue weighted by atomic mass is 16.5. The average molecular weight is 213 g/mol. The van der Waals surface area contributed by atoms with Crippen LogP contribution in [0.1, 0.15) is 58.3 Å². The summed E-state index contributed by atoms with van der Waals surface area (Å²) in [5.74, 6) is 0.458. The molecule has 1 fully saturated rings. The topological polar surface area (TPSA) is 49.3 Å². The second-order valence-electron chi connectivity index (χ2n) is 4.63. The lowest BCUT2D eigenvalue weighted by Crippen LogP contribution is -2.21. The van der Waals surface area contributed by atoms with E-state index in [1.807, 2.05) is 0 Å². The summed E-state index contributed by atoms with van der Waals surface area (Å²) in [5, 5.41) is 8.43. The zero-order valence-electron chi connectivity index (χ0n) is 9.67. The van der Waals surface area contributed by atoms with Crippen LogP contribution < -0.4 is 5.48 Å². The molecule has 1 amide bonds. The molecular weight excluding hydrogens is 190 g/mol. The van der Waals surface area contributed by atoms with Crippen LogP contribution in [0.2, 0.25) is 0 Å². The second kappa shape index (κ2) is 6.83. The first-order valence-corrected chi connectivity index (χ1v) is 6.23. The Labute approximate surface area is 92.2 Å². The van der Waals surface area contributed by atoms with Crippen molar-refractivity contribution in [1.82, 2.24) is 5.48 Å². The van der Waals surface area contributed by atoms with E-state index >= 15 is 0 Å². The van der Waals surface area contributed by atoms with Gasteiger partial charge in [0.15, 0.2) is 0 Å². The minimum Gasteiger partial charge on any atom is -0.289 e. The highest BCUT2D eigenvalue weighted by Gasteiger charge is 2.41. The van der Waals surface area contributed by atoms with Crippen LogP contribution in [0.5, 0.6) is 0 Å². The van der Waals surface area contributed by atoms with Gasteiger partial charge in [0, 0.05) is 5.92 Å². The van der Waals surface area contributed by atoms with E-state index in [1.54, 1.807) is 5.48 Å². The van der Waals surface area contributed by atoms with Crippen LogP contribution in [-0.2, 0) is 4.79 Å². The highest BCUT2D eigenvalue weighted by Crippen LogP contribution is 2.42. The third-order valence-electron chi connectivity index (χ3n) is 3.30. The zero-order valence-corrected chi connectivity index (χ0v) is 9.67. The lowest BCUT2D eigenvalue weighted by Gasteiger charge is -2.00. The Hall–Kier alpha value is -0.570. The Kier molecular flexibility index (Phi) is 5.69. The van der Waals surface area contributed by atoms with Crippen molar-refractivity contribution in [2.24, 2.45) is 11.8 Å². The molecule has 0 aromatic carbocycles. The molecule has 15 heavy (non-hydrogen) atoms. The molecule has 0 spiro atoms. The maximum atomic E-state index is 11.0. The standard InChI is InChI=1S/C12H23NO2/c1-2-3-4-5-6-7-8-10-9-11(10)12(14)13-15/h10-11,15H,2-9H2,1H3,(H,13,14)/t10-,11+/m0/s1. The monoisotopic (exact) mass is 213 g/mol. The maximum absolute atomic E-state index is 11.0. The van der Waals surface area contributed by atoms with Crippen LogP contribution in [0.4, 0.5) is 0 Å². The first-order chi connectivity index (χ1) is 7.29. The van der Waals surface area contributed by atoms with Gasteiger partial charge in [0.2, 0.25) is 5.91 Å². The second-order valence-corrected chi connectivity index (χ2v) is 4.63.